The number of hydrogen-bond donors (Lipinski definition) is 3. The SMILES string of the molecule is O=C1Cn2c(C(=O)NCc3cnco3)nc(NC(=O)c3csc4ccccc34)c2CN1. The third kappa shape index (κ3) is 3.55. The standard InChI is InChI=1S/C20H16N6O4S/c27-16-8-26-14(7-22-16)17(24-18(26)20(29)23-6-11-5-21-10-30-11)25-19(28)13-9-31-15-4-2-1-3-12(13)15/h1-5,9-10H,6-8H2,(H,22,27)(H,23,29)(H,25,28). The number of fused-ring (bicyclic) bond motifs is 2. The quantitative estimate of drug-likeness (QED) is 0.438. The second-order valence-corrected chi connectivity index (χ2v) is 7.75. The molecule has 1 aromatic carbocycles. The number of amides is 3. The molecule has 0 spiro atoms. The van der Waals surface area contributed by atoms with E-state index < -0.39 is 5.91 Å². The maximum atomic E-state index is 12.9. The molecule has 31 heavy (non-hydrogen) atoms. The van der Waals surface area contributed by atoms with Gasteiger partial charge in [-0.25, -0.2) is 9.97 Å². The summed E-state index contributed by atoms with van der Waals surface area (Å²) in [6.07, 6.45) is 2.76. The molecule has 0 aliphatic carbocycles. The van der Waals surface area contributed by atoms with Gasteiger partial charge in [0.25, 0.3) is 11.8 Å². The van der Waals surface area contributed by atoms with Crippen LogP contribution in [0.3, 0.4) is 0 Å². The predicted molar refractivity (Wildman–Crippen MR) is 112 cm³/mol. The van der Waals surface area contributed by atoms with Crippen LogP contribution in [0.1, 0.15) is 32.4 Å². The van der Waals surface area contributed by atoms with Gasteiger partial charge < -0.3 is 24.9 Å². The molecule has 0 radical (unpaired) electrons. The number of imidazole rings is 1. The Morgan fingerprint density at radius 3 is 2.97 bits per heavy atom. The van der Waals surface area contributed by atoms with Crippen LogP contribution in [0.2, 0.25) is 0 Å². The molecule has 0 saturated carbocycles. The summed E-state index contributed by atoms with van der Waals surface area (Å²) < 4.78 is 7.62. The number of carbonyl (C=O) groups is 3. The topological polar surface area (TPSA) is 131 Å². The first-order valence-electron chi connectivity index (χ1n) is 9.39. The average Bonchev–Trinajstić information content (AvgIpc) is 3.51. The minimum atomic E-state index is -0.492. The van der Waals surface area contributed by atoms with E-state index in [1.807, 2.05) is 24.3 Å². The van der Waals surface area contributed by atoms with Gasteiger partial charge in [-0.15, -0.1) is 11.3 Å². The van der Waals surface area contributed by atoms with E-state index in [4.69, 9.17) is 4.42 Å². The van der Waals surface area contributed by atoms with Gasteiger partial charge in [-0.3, -0.25) is 14.4 Å². The van der Waals surface area contributed by atoms with Crippen molar-refractivity contribution in [3.63, 3.8) is 0 Å². The second kappa shape index (κ2) is 7.69. The van der Waals surface area contributed by atoms with Crippen molar-refractivity contribution in [2.75, 3.05) is 5.32 Å². The third-order valence-electron chi connectivity index (χ3n) is 4.89. The molecule has 156 valence electrons. The Morgan fingerprint density at radius 2 is 2.13 bits per heavy atom. The van der Waals surface area contributed by atoms with Crippen molar-refractivity contribution in [3.8, 4) is 0 Å². The molecular formula is C20H16N6O4S. The van der Waals surface area contributed by atoms with Gasteiger partial charge in [0.15, 0.2) is 12.2 Å². The summed E-state index contributed by atoms with van der Waals surface area (Å²) >= 11 is 1.48. The molecular weight excluding hydrogens is 420 g/mol. The highest BCUT2D eigenvalue weighted by atomic mass is 32.1. The van der Waals surface area contributed by atoms with Crippen molar-refractivity contribution < 1.29 is 18.8 Å². The Hall–Kier alpha value is -3.99. The number of nitrogens with zero attached hydrogens (tertiary/aromatic N) is 3. The van der Waals surface area contributed by atoms with Crippen LogP contribution >= 0.6 is 11.3 Å². The number of nitrogens with one attached hydrogen (secondary N) is 3. The van der Waals surface area contributed by atoms with Gasteiger partial charge >= 0.3 is 0 Å². The summed E-state index contributed by atoms with van der Waals surface area (Å²) in [5.74, 6) is -0.303. The first kappa shape index (κ1) is 19.0. The Morgan fingerprint density at radius 1 is 1.26 bits per heavy atom. The van der Waals surface area contributed by atoms with Gasteiger partial charge in [0.05, 0.1) is 30.5 Å². The third-order valence-corrected chi connectivity index (χ3v) is 5.86. The molecule has 0 atom stereocenters. The molecule has 1 aliphatic rings. The molecule has 0 fully saturated rings. The molecule has 0 saturated heterocycles. The lowest BCUT2D eigenvalue weighted by atomic mass is 10.1. The molecule has 4 aromatic rings. The maximum Gasteiger partial charge on any atom is 0.287 e. The highest BCUT2D eigenvalue weighted by molar-refractivity contribution is 7.17. The van der Waals surface area contributed by atoms with Gasteiger partial charge in [-0.1, -0.05) is 18.2 Å². The molecule has 10 nitrogen and oxygen atoms in total. The van der Waals surface area contributed by atoms with Crippen molar-refractivity contribution >= 4 is 45.0 Å². The minimum Gasteiger partial charge on any atom is -0.447 e. The number of carbonyl (C=O) groups excluding carboxylic acids is 3. The first-order valence-corrected chi connectivity index (χ1v) is 10.3. The fraction of sp³-hybridized carbons (Fsp3) is 0.150. The fourth-order valence-corrected chi connectivity index (χ4v) is 4.34. The molecule has 11 heteroatoms. The fourth-order valence-electron chi connectivity index (χ4n) is 3.40. The molecule has 0 bridgehead atoms. The van der Waals surface area contributed by atoms with E-state index in [0.717, 1.165) is 10.1 Å². The molecule has 4 heterocycles. The summed E-state index contributed by atoms with van der Waals surface area (Å²) in [6, 6.07) is 7.61. The molecule has 5 rings (SSSR count). The Bertz CT molecular complexity index is 1310. The summed E-state index contributed by atoms with van der Waals surface area (Å²) in [7, 11) is 0. The molecule has 3 N–H and O–H groups in total. The van der Waals surface area contributed by atoms with E-state index in [1.165, 1.54) is 28.5 Å². The number of thiophene rings is 1. The van der Waals surface area contributed by atoms with Crippen LogP contribution in [0, 0.1) is 0 Å². The van der Waals surface area contributed by atoms with Gasteiger partial charge in [-0.05, 0) is 6.07 Å². The van der Waals surface area contributed by atoms with Crippen LogP contribution in [0.4, 0.5) is 5.82 Å². The normalized spacial score (nSPS) is 13.0. The lowest BCUT2D eigenvalue weighted by Crippen LogP contribution is -2.37. The van der Waals surface area contributed by atoms with E-state index in [9.17, 15) is 14.4 Å². The number of aromatic nitrogens is 3. The van der Waals surface area contributed by atoms with Crippen LogP contribution < -0.4 is 16.0 Å². The Labute approximate surface area is 179 Å². The van der Waals surface area contributed by atoms with E-state index in [-0.39, 0.29) is 43.1 Å². The maximum absolute atomic E-state index is 12.9. The largest absolute Gasteiger partial charge is 0.447 e. The minimum absolute atomic E-state index is 0.0369. The molecule has 0 unspecified atom stereocenters. The van der Waals surface area contributed by atoms with Crippen molar-refractivity contribution in [3.05, 3.63) is 65.1 Å². The van der Waals surface area contributed by atoms with Crippen molar-refractivity contribution in [2.24, 2.45) is 0 Å². The number of rotatable bonds is 5. The van der Waals surface area contributed by atoms with Crippen LogP contribution in [0.5, 0.6) is 0 Å². The summed E-state index contributed by atoms with van der Waals surface area (Å²) in [5.41, 5.74) is 1.08. The molecule has 3 amide bonds. The van der Waals surface area contributed by atoms with Crippen LogP contribution in [-0.4, -0.2) is 32.3 Å². The van der Waals surface area contributed by atoms with E-state index in [0.29, 0.717) is 17.0 Å². The number of benzene rings is 1. The molecule has 3 aromatic heterocycles. The van der Waals surface area contributed by atoms with E-state index >= 15 is 0 Å². The number of oxazole rings is 1. The lowest BCUT2D eigenvalue weighted by Gasteiger charge is -2.17. The predicted octanol–water partition coefficient (Wildman–Crippen LogP) is 1.90. The van der Waals surface area contributed by atoms with E-state index in [1.54, 1.807) is 5.38 Å². The zero-order valence-electron chi connectivity index (χ0n) is 16.0. The second-order valence-electron chi connectivity index (χ2n) is 6.84. The summed E-state index contributed by atoms with van der Waals surface area (Å²) in [6.45, 7) is 0.210. The molecule has 1 aliphatic heterocycles. The van der Waals surface area contributed by atoms with Gasteiger partial charge in [0, 0.05) is 15.5 Å². The van der Waals surface area contributed by atoms with E-state index in [2.05, 4.69) is 25.9 Å². The van der Waals surface area contributed by atoms with Gasteiger partial charge in [0.2, 0.25) is 11.7 Å². The first-order chi connectivity index (χ1) is 15.1. The highest BCUT2D eigenvalue weighted by Crippen LogP contribution is 2.27. The van der Waals surface area contributed by atoms with Crippen molar-refractivity contribution in [2.45, 2.75) is 19.6 Å². The number of hydrogen-bond acceptors (Lipinski definition) is 7. The van der Waals surface area contributed by atoms with Crippen molar-refractivity contribution in [1.29, 1.82) is 0 Å². The lowest BCUT2D eigenvalue weighted by molar-refractivity contribution is -0.122. The van der Waals surface area contributed by atoms with Gasteiger partial charge in [-0.2, -0.15) is 0 Å². The van der Waals surface area contributed by atoms with Crippen LogP contribution in [0.15, 0.2) is 46.7 Å². The smallest absolute Gasteiger partial charge is 0.287 e. The zero-order valence-corrected chi connectivity index (χ0v) is 16.9. The highest BCUT2D eigenvalue weighted by Gasteiger charge is 2.28. The summed E-state index contributed by atoms with van der Waals surface area (Å²) in [5, 5.41) is 10.8. The average molecular weight is 436 g/mol. The van der Waals surface area contributed by atoms with Gasteiger partial charge in [0.1, 0.15) is 12.3 Å². The zero-order chi connectivity index (χ0) is 21.4. The Kier molecular flexibility index (Phi) is 4.71. The summed E-state index contributed by atoms with van der Waals surface area (Å²) in [4.78, 5) is 45.7. The van der Waals surface area contributed by atoms with Crippen LogP contribution in [-0.2, 0) is 24.4 Å². The monoisotopic (exact) mass is 436 g/mol. The van der Waals surface area contributed by atoms with Crippen LogP contribution in [0.25, 0.3) is 10.1 Å². The Balaban J connectivity index is 1.43. The number of anilines is 1. The van der Waals surface area contributed by atoms with Crippen molar-refractivity contribution in [1.82, 2.24) is 25.2 Å².